The van der Waals surface area contributed by atoms with E-state index in [0.29, 0.717) is 11.1 Å². The lowest BCUT2D eigenvalue weighted by Gasteiger charge is -2.34. The van der Waals surface area contributed by atoms with Gasteiger partial charge in [-0.25, -0.2) is 8.78 Å². The Kier molecular flexibility index (Phi) is 7.03. The van der Waals surface area contributed by atoms with Gasteiger partial charge in [-0.3, -0.25) is 0 Å². The van der Waals surface area contributed by atoms with Crippen molar-refractivity contribution < 1.29 is 8.78 Å². The zero-order valence-corrected chi connectivity index (χ0v) is 25.8. The molecule has 1 aliphatic rings. The molecule has 0 radical (unpaired) electrons. The van der Waals surface area contributed by atoms with Gasteiger partial charge in [-0.1, -0.05) is 115 Å². The van der Waals surface area contributed by atoms with Gasteiger partial charge in [0.1, 0.15) is 11.6 Å². The van der Waals surface area contributed by atoms with Crippen molar-refractivity contribution in [2.45, 2.75) is 12.3 Å². The van der Waals surface area contributed by atoms with Crippen LogP contribution in [0.4, 0.5) is 20.2 Å². The highest BCUT2D eigenvalue weighted by Gasteiger charge is 2.47. The van der Waals surface area contributed by atoms with Crippen LogP contribution in [0.5, 0.6) is 0 Å². The van der Waals surface area contributed by atoms with Crippen LogP contribution in [0.15, 0.2) is 164 Å². The van der Waals surface area contributed by atoms with Gasteiger partial charge in [0.25, 0.3) is 0 Å². The molecule has 1 aliphatic carbocycles. The molecule has 8 rings (SSSR count). The lowest BCUT2D eigenvalue weighted by atomic mass is 9.67. The van der Waals surface area contributed by atoms with Crippen LogP contribution in [0.1, 0.15) is 27.8 Å². The summed E-state index contributed by atoms with van der Waals surface area (Å²) in [6.07, 6.45) is 0. The van der Waals surface area contributed by atoms with Gasteiger partial charge in [0, 0.05) is 16.9 Å². The first-order valence-electron chi connectivity index (χ1n) is 15.8. The molecule has 0 fully saturated rings. The van der Waals surface area contributed by atoms with E-state index in [0.717, 1.165) is 50.3 Å². The number of fused-ring (bicyclic) bond motifs is 3. The summed E-state index contributed by atoms with van der Waals surface area (Å²) in [5.41, 5.74) is 11.8. The van der Waals surface area contributed by atoms with Crippen LogP contribution in [0.3, 0.4) is 0 Å². The summed E-state index contributed by atoms with van der Waals surface area (Å²) in [6, 6.07) is 53.7. The van der Waals surface area contributed by atoms with Crippen LogP contribution in [-0.4, -0.2) is 0 Å². The molecule has 0 aromatic heterocycles. The highest BCUT2D eigenvalue weighted by Crippen LogP contribution is 2.57. The third-order valence-corrected chi connectivity index (χ3v) is 9.41. The Morgan fingerprint density at radius 3 is 1.70 bits per heavy atom. The Bertz CT molecular complexity index is 2190. The second-order valence-electron chi connectivity index (χ2n) is 12.1. The van der Waals surface area contributed by atoms with Gasteiger partial charge in [0.15, 0.2) is 0 Å². The Morgan fingerprint density at radius 2 is 1.06 bits per heavy atom. The van der Waals surface area contributed by atoms with E-state index in [-0.39, 0.29) is 11.6 Å². The Balaban J connectivity index is 1.32. The molecule has 7 aromatic rings. The first-order chi connectivity index (χ1) is 23.0. The molecule has 0 spiro atoms. The highest BCUT2D eigenvalue weighted by atomic mass is 19.1. The van der Waals surface area contributed by atoms with Gasteiger partial charge in [-0.05, 0) is 111 Å². The first-order valence-corrected chi connectivity index (χ1v) is 15.8. The Labute approximate surface area is 273 Å². The van der Waals surface area contributed by atoms with E-state index in [2.05, 4.69) is 97.2 Å². The third kappa shape index (κ3) is 4.83. The van der Waals surface area contributed by atoms with Gasteiger partial charge >= 0.3 is 0 Å². The quantitative estimate of drug-likeness (QED) is 0.197. The minimum absolute atomic E-state index is 0.341. The number of nitrogens with one attached hydrogen (secondary N) is 1. The predicted octanol–water partition coefficient (Wildman–Crippen LogP) is 11.7. The van der Waals surface area contributed by atoms with Crippen molar-refractivity contribution in [1.29, 1.82) is 0 Å². The minimum Gasteiger partial charge on any atom is -0.355 e. The summed E-state index contributed by atoms with van der Waals surface area (Å²) in [6.45, 7) is 2.12. The van der Waals surface area contributed by atoms with Gasteiger partial charge < -0.3 is 5.32 Å². The first kappa shape index (κ1) is 28.7. The van der Waals surface area contributed by atoms with E-state index < -0.39 is 5.41 Å². The summed E-state index contributed by atoms with van der Waals surface area (Å²) in [7, 11) is 0. The molecule has 0 saturated carbocycles. The van der Waals surface area contributed by atoms with E-state index in [9.17, 15) is 4.39 Å². The van der Waals surface area contributed by atoms with Crippen molar-refractivity contribution >= 4 is 11.4 Å². The average Bonchev–Trinajstić information content (AvgIpc) is 3.39. The SMILES string of the molecule is Cc1cc(-c2ccccc2)ccc1Nc1ccc2c(c1)C(c1ccccc1)(c1ccccc1)c1cc(F)c(-c3ccc(F)cc3)cc1-2. The molecule has 0 bridgehead atoms. The van der Waals surface area contributed by atoms with Crippen molar-refractivity contribution in [3.8, 4) is 33.4 Å². The van der Waals surface area contributed by atoms with E-state index in [1.165, 1.54) is 23.3 Å². The largest absolute Gasteiger partial charge is 0.355 e. The summed E-state index contributed by atoms with van der Waals surface area (Å²) in [5.74, 6) is -0.690. The number of benzene rings is 7. The van der Waals surface area contributed by atoms with Gasteiger partial charge in [-0.15, -0.1) is 0 Å². The number of hydrogen-bond acceptors (Lipinski definition) is 1. The number of rotatable bonds is 6. The molecule has 1 N–H and O–H groups in total. The predicted molar refractivity (Wildman–Crippen MR) is 189 cm³/mol. The smallest absolute Gasteiger partial charge is 0.131 e. The number of hydrogen-bond donors (Lipinski definition) is 1. The summed E-state index contributed by atoms with van der Waals surface area (Å²) in [5, 5.41) is 3.69. The topological polar surface area (TPSA) is 12.0 Å². The molecule has 3 heteroatoms. The van der Waals surface area contributed by atoms with Crippen molar-refractivity contribution in [3.05, 3.63) is 203 Å². The lowest BCUT2D eigenvalue weighted by molar-refractivity contribution is 0.622. The number of aryl methyl sites for hydroxylation is 1. The van der Waals surface area contributed by atoms with Crippen LogP contribution in [0.25, 0.3) is 33.4 Å². The fourth-order valence-corrected chi connectivity index (χ4v) is 7.20. The maximum atomic E-state index is 16.3. The number of anilines is 2. The molecule has 0 saturated heterocycles. The zero-order chi connectivity index (χ0) is 32.0. The molecule has 0 amide bonds. The summed E-state index contributed by atoms with van der Waals surface area (Å²) >= 11 is 0. The second-order valence-corrected chi connectivity index (χ2v) is 12.1. The van der Waals surface area contributed by atoms with Gasteiger partial charge in [0.2, 0.25) is 0 Å². The monoisotopic (exact) mass is 611 g/mol. The molecule has 47 heavy (non-hydrogen) atoms. The molecule has 0 unspecified atom stereocenters. The molecular formula is C44H31F2N. The molecule has 1 nitrogen and oxygen atoms in total. The number of halogens is 2. The zero-order valence-electron chi connectivity index (χ0n) is 25.8. The van der Waals surface area contributed by atoms with E-state index in [1.54, 1.807) is 18.2 Å². The second kappa shape index (κ2) is 11.5. The van der Waals surface area contributed by atoms with Gasteiger partial charge in [-0.2, -0.15) is 0 Å². The molecule has 0 heterocycles. The van der Waals surface area contributed by atoms with Crippen molar-refractivity contribution in [2.24, 2.45) is 0 Å². The van der Waals surface area contributed by atoms with Crippen LogP contribution in [0, 0.1) is 18.6 Å². The maximum Gasteiger partial charge on any atom is 0.131 e. The summed E-state index contributed by atoms with van der Waals surface area (Å²) < 4.78 is 30.1. The molecule has 7 aromatic carbocycles. The Hall–Kier alpha value is -5.80. The third-order valence-electron chi connectivity index (χ3n) is 9.41. The van der Waals surface area contributed by atoms with Crippen LogP contribution < -0.4 is 5.32 Å². The fourth-order valence-electron chi connectivity index (χ4n) is 7.20. The van der Waals surface area contributed by atoms with Crippen molar-refractivity contribution in [3.63, 3.8) is 0 Å². The maximum absolute atomic E-state index is 16.3. The average molecular weight is 612 g/mol. The van der Waals surface area contributed by atoms with E-state index in [4.69, 9.17) is 0 Å². The molecule has 0 atom stereocenters. The molecular weight excluding hydrogens is 580 g/mol. The van der Waals surface area contributed by atoms with E-state index >= 15 is 4.39 Å². The molecule has 226 valence electrons. The fraction of sp³-hybridized carbons (Fsp3) is 0.0455. The van der Waals surface area contributed by atoms with Crippen LogP contribution in [0.2, 0.25) is 0 Å². The summed E-state index contributed by atoms with van der Waals surface area (Å²) in [4.78, 5) is 0. The van der Waals surface area contributed by atoms with Gasteiger partial charge in [0.05, 0.1) is 5.41 Å². The normalized spacial score (nSPS) is 12.7. The van der Waals surface area contributed by atoms with Crippen molar-refractivity contribution in [2.75, 3.05) is 5.32 Å². The lowest BCUT2D eigenvalue weighted by Crippen LogP contribution is -2.28. The minimum atomic E-state index is -0.765. The van der Waals surface area contributed by atoms with Crippen LogP contribution >= 0.6 is 0 Å². The van der Waals surface area contributed by atoms with Crippen LogP contribution in [-0.2, 0) is 5.41 Å². The highest BCUT2D eigenvalue weighted by molar-refractivity contribution is 5.90. The Morgan fingerprint density at radius 1 is 0.468 bits per heavy atom. The standard InChI is InChI=1S/C44H31F2N/c1-29-25-32(30-11-5-2-6-12-30)19-24-43(29)47-36-22-23-37-39-27-38(31-17-20-35(45)21-18-31)42(46)28-41(39)44(40(37)26-36,33-13-7-3-8-14-33)34-15-9-4-10-16-34/h2-28,47H,1H3. The van der Waals surface area contributed by atoms with Crippen molar-refractivity contribution in [1.82, 2.24) is 0 Å². The van der Waals surface area contributed by atoms with E-state index in [1.807, 2.05) is 48.5 Å². The molecule has 0 aliphatic heterocycles.